The van der Waals surface area contributed by atoms with Crippen molar-refractivity contribution in [1.29, 1.82) is 0 Å². The lowest BCUT2D eigenvalue weighted by atomic mass is 9.85. The minimum Gasteiger partial charge on any atom is -0.444 e. The van der Waals surface area contributed by atoms with E-state index in [2.05, 4.69) is 0 Å². The average molecular weight is 531 g/mol. The second kappa shape index (κ2) is 10.7. The van der Waals surface area contributed by atoms with Crippen molar-refractivity contribution in [2.24, 2.45) is 5.92 Å². The van der Waals surface area contributed by atoms with Crippen molar-refractivity contribution in [3.63, 3.8) is 0 Å². The lowest BCUT2D eigenvalue weighted by Crippen LogP contribution is -2.49. The van der Waals surface area contributed by atoms with E-state index in [1.54, 1.807) is 51.1 Å². The predicted octanol–water partition coefficient (Wildman–Crippen LogP) is 6.81. The Morgan fingerprint density at radius 1 is 0.946 bits per heavy atom. The molecule has 0 spiro atoms. The Bertz CT molecular complexity index is 1080. The first-order valence-electron chi connectivity index (χ1n) is 11.5. The summed E-state index contributed by atoms with van der Waals surface area (Å²) < 4.78 is 90.1. The molecular weight excluding hydrogens is 504 g/mol. The SMILES string of the molecule is CC(C)(C)OC(=O)N1CC(=O)C[C@H](COCc2cc(C(F)(F)F)cc(C(F)(F)F)c2)[C@H]1c1ccccc1. The summed E-state index contributed by atoms with van der Waals surface area (Å²) in [7, 11) is 0. The molecule has 202 valence electrons. The molecule has 2 atom stereocenters. The summed E-state index contributed by atoms with van der Waals surface area (Å²) in [4.78, 5) is 26.7. The Balaban J connectivity index is 1.85. The molecule has 1 heterocycles. The molecule has 1 aliphatic heterocycles. The molecule has 3 rings (SSSR count). The molecule has 37 heavy (non-hydrogen) atoms. The van der Waals surface area contributed by atoms with E-state index >= 15 is 0 Å². The maximum absolute atomic E-state index is 13.2. The second-order valence-corrected chi connectivity index (χ2v) is 9.90. The number of carbonyl (C=O) groups is 2. The van der Waals surface area contributed by atoms with Gasteiger partial charge in [-0.1, -0.05) is 30.3 Å². The van der Waals surface area contributed by atoms with Crippen molar-refractivity contribution in [3.05, 3.63) is 70.8 Å². The van der Waals surface area contributed by atoms with E-state index in [0.717, 1.165) is 0 Å². The van der Waals surface area contributed by atoms with Crippen molar-refractivity contribution < 1.29 is 45.4 Å². The number of alkyl halides is 6. The van der Waals surface area contributed by atoms with E-state index in [4.69, 9.17) is 9.47 Å². The topological polar surface area (TPSA) is 55.8 Å². The molecular formula is C26H27F6NO4. The third-order valence-corrected chi connectivity index (χ3v) is 5.64. The van der Waals surface area contributed by atoms with E-state index in [9.17, 15) is 35.9 Å². The van der Waals surface area contributed by atoms with Crippen molar-refractivity contribution in [3.8, 4) is 0 Å². The number of likely N-dealkylation sites (tertiary alicyclic amines) is 1. The number of rotatable bonds is 5. The Hall–Kier alpha value is -3.08. The molecule has 0 aromatic heterocycles. The maximum Gasteiger partial charge on any atom is 0.416 e. The first-order chi connectivity index (χ1) is 17.0. The van der Waals surface area contributed by atoms with Gasteiger partial charge in [0.1, 0.15) is 5.60 Å². The Labute approximate surface area is 210 Å². The first kappa shape index (κ1) is 28.5. The van der Waals surface area contributed by atoms with Crippen LogP contribution in [-0.4, -0.2) is 35.5 Å². The largest absolute Gasteiger partial charge is 0.444 e. The minimum absolute atomic E-state index is 0.00918. The van der Waals surface area contributed by atoms with Gasteiger partial charge in [-0.2, -0.15) is 26.3 Å². The van der Waals surface area contributed by atoms with E-state index in [-0.39, 0.29) is 37.0 Å². The van der Waals surface area contributed by atoms with Crippen LogP contribution in [0, 0.1) is 5.92 Å². The highest BCUT2D eigenvalue weighted by molar-refractivity contribution is 5.86. The molecule has 1 saturated heterocycles. The smallest absolute Gasteiger partial charge is 0.416 e. The van der Waals surface area contributed by atoms with Gasteiger partial charge in [0.15, 0.2) is 5.78 Å². The van der Waals surface area contributed by atoms with Gasteiger partial charge in [0.2, 0.25) is 0 Å². The molecule has 0 aliphatic carbocycles. The van der Waals surface area contributed by atoms with Gasteiger partial charge in [-0.3, -0.25) is 9.69 Å². The van der Waals surface area contributed by atoms with Crippen LogP contribution in [0.5, 0.6) is 0 Å². The van der Waals surface area contributed by atoms with Crippen LogP contribution in [0.1, 0.15) is 55.5 Å². The molecule has 5 nitrogen and oxygen atoms in total. The van der Waals surface area contributed by atoms with Crippen LogP contribution >= 0.6 is 0 Å². The fourth-order valence-electron chi connectivity index (χ4n) is 4.19. The van der Waals surface area contributed by atoms with Crippen molar-refractivity contribution in [1.82, 2.24) is 4.90 Å². The minimum atomic E-state index is -4.97. The van der Waals surface area contributed by atoms with E-state index in [1.165, 1.54) is 4.90 Å². The lowest BCUT2D eigenvalue weighted by Gasteiger charge is -2.41. The zero-order valence-corrected chi connectivity index (χ0v) is 20.4. The van der Waals surface area contributed by atoms with Gasteiger partial charge in [-0.25, -0.2) is 4.79 Å². The zero-order valence-electron chi connectivity index (χ0n) is 20.4. The second-order valence-electron chi connectivity index (χ2n) is 9.90. The molecule has 1 aliphatic rings. The number of ether oxygens (including phenoxy) is 2. The summed E-state index contributed by atoms with van der Waals surface area (Å²) in [6.07, 6.45) is -10.7. The fraction of sp³-hybridized carbons (Fsp3) is 0.462. The molecule has 1 amide bonds. The van der Waals surface area contributed by atoms with Crippen LogP contribution in [0.3, 0.4) is 0 Å². The summed E-state index contributed by atoms with van der Waals surface area (Å²) >= 11 is 0. The lowest BCUT2D eigenvalue weighted by molar-refractivity contribution is -0.143. The summed E-state index contributed by atoms with van der Waals surface area (Å²) in [5.74, 6) is -0.880. The highest BCUT2D eigenvalue weighted by Crippen LogP contribution is 2.38. The highest BCUT2D eigenvalue weighted by Gasteiger charge is 2.41. The summed E-state index contributed by atoms with van der Waals surface area (Å²) in [5, 5.41) is 0. The van der Waals surface area contributed by atoms with Gasteiger partial charge in [0, 0.05) is 12.3 Å². The molecule has 1 fully saturated rings. The quantitative estimate of drug-likeness (QED) is 0.398. The van der Waals surface area contributed by atoms with Crippen LogP contribution in [0.25, 0.3) is 0 Å². The van der Waals surface area contributed by atoms with Crippen LogP contribution in [0.4, 0.5) is 31.1 Å². The third-order valence-electron chi connectivity index (χ3n) is 5.64. The Kier molecular flexibility index (Phi) is 8.26. The number of ketones is 1. The standard InChI is InChI=1S/C26H27F6NO4/c1-24(2,3)37-23(35)33-13-21(34)11-18(22(33)17-7-5-4-6-8-17)15-36-14-16-9-19(25(27,28)29)12-20(10-16)26(30,31)32/h4-10,12,18,22H,11,13-15H2,1-3H3/t18-,22-/m1/s1. The van der Waals surface area contributed by atoms with Crippen LogP contribution in [-0.2, 0) is 33.2 Å². The molecule has 0 radical (unpaired) electrons. The molecule has 11 heteroatoms. The zero-order chi connectivity index (χ0) is 27.6. The van der Waals surface area contributed by atoms with Crippen LogP contribution in [0.15, 0.2) is 48.5 Å². The number of amides is 1. The number of hydrogen-bond acceptors (Lipinski definition) is 4. The molecule has 0 bridgehead atoms. The molecule has 0 N–H and O–H groups in total. The molecule has 2 aromatic carbocycles. The Morgan fingerprint density at radius 3 is 2.03 bits per heavy atom. The van der Waals surface area contributed by atoms with Gasteiger partial charge >= 0.3 is 18.4 Å². The van der Waals surface area contributed by atoms with E-state index < -0.39 is 53.7 Å². The van der Waals surface area contributed by atoms with E-state index in [0.29, 0.717) is 17.7 Å². The first-order valence-corrected chi connectivity index (χ1v) is 11.5. The van der Waals surface area contributed by atoms with Gasteiger partial charge in [0.05, 0.1) is 36.9 Å². The van der Waals surface area contributed by atoms with Crippen molar-refractivity contribution in [2.75, 3.05) is 13.2 Å². The average Bonchev–Trinajstić information content (AvgIpc) is 2.77. The van der Waals surface area contributed by atoms with E-state index in [1.807, 2.05) is 0 Å². The summed E-state index contributed by atoms with van der Waals surface area (Å²) in [6.45, 7) is 4.10. The molecule has 2 aromatic rings. The predicted molar refractivity (Wildman–Crippen MR) is 121 cm³/mol. The number of Topliss-reactive ketones (excluding diaryl/α,β-unsaturated/α-hetero) is 1. The molecule has 0 unspecified atom stereocenters. The maximum atomic E-state index is 13.2. The summed E-state index contributed by atoms with van der Waals surface area (Å²) in [5.41, 5.74) is -3.33. The van der Waals surface area contributed by atoms with Gasteiger partial charge in [-0.05, 0) is 50.1 Å². The summed E-state index contributed by atoms with van der Waals surface area (Å²) in [6, 6.07) is 9.38. The Morgan fingerprint density at radius 2 is 1.51 bits per heavy atom. The van der Waals surface area contributed by atoms with Gasteiger partial charge in [-0.15, -0.1) is 0 Å². The van der Waals surface area contributed by atoms with Crippen molar-refractivity contribution in [2.45, 2.75) is 57.8 Å². The number of hydrogen-bond donors (Lipinski definition) is 0. The number of halogens is 6. The third kappa shape index (κ3) is 7.70. The number of carbonyl (C=O) groups excluding carboxylic acids is 2. The number of nitrogens with zero attached hydrogens (tertiary/aromatic N) is 1. The van der Waals surface area contributed by atoms with Crippen LogP contribution < -0.4 is 0 Å². The normalized spacial score (nSPS) is 19.2. The number of benzene rings is 2. The fourth-order valence-corrected chi connectivity index (χ4v) is 4.19. The highest BCUT2D eigenvalue weighted by atomic mass is 19.4. The van der Waals surface area contributed by atoms with Gasteiger partial charge in [0.25, 0.3) is 0 Å². The monoisotopic (exact) mass is 531 g/mol. The molecule has 0 saturated carbocycles. The van der Waals surface area contributed by atoms with Crippen molar-refractivity contribution >= 4 is 11.9 Å². The number of piperidine rings is 1. The van der Waals surface area contributed by atoms with Gasteiger partial charge < -0.3 is 9.47 Å². The van der Waals surface area contributed by atoms with Crippen LogP contribution in [0.2, 0.25) is 0 Å².